The largest absolute Gasteiger partial charge is 0.368 e. The average Bonchev–Trinajstić information content (AvgIpc) is 2.90. The summed E-state index contributed by atoms with van der Waals surface area (Å²) in [6.45, 7) is 3.23. The van der Waals surface area contributed by atoms with Gasteiger partial charge in [0.15, 0.2) is 0 Å². The Kier molecular flexibility index (Phi) is 2.23. The topological polar surface area (TPSA) is 20.3 Å². The van der Waals surface area contributed by atoms with Crippen LogP contribution < -0.4 is 4.90 Å². The fourth-order valence-corrected chi connectivity index (χ4v) is 3.21. The van der Waals surface area contributed by atoms with Gasteiger partial charge in [-0.05, 0) is 55.9 Å². The number of hydrogen-bond donors (Lipinski definition) is 0. The molecule has 2 heteroatoms. The lowest BCUT2D eigenvalue weighted by Gasteiger charge is -2.29. The van der Waals surface area contributed by atoms with Crippen LogP contribution in [0.1, 0.15) is 35.2 Å². The van der Waals surface area contributed by atoms with Gasteiger partial charge in [0.2, 0.25) is 0 Å². The highest BCUT2D eigenvalue weighted by atomic mass is 16.1. The highest BCUT2D eigenvalue weighted by Gasteiger charge is 2.37. The van der Waals surface area contributed by atoms with E-state index in [1.165, 1.54) is 31.5 Å². The molecule has 1 aliphatic heterocycles. The molecule has 0 N–H and O–H groups in total. The van der Waals surface area contributed by atoms with Gasteiger partial charge in [-0.25, -0.2) is 0 Å². The second kappa shape index (κ2) is 3.62. The van der Waals surface area contributed by atoms with Crippen molar-refractivity contribution < 1.29 is 4.79 Å². The van der Waals surface area contributed by atoms with Crippen LogP contribution in [-0.2, 0) is 0 Å². The Morgan fingerprint density at radius 1 is 1.38 bits per heavy atom. The summed E-state index contributed by atoms with van der Waals surface area (Å²) in [6, 6.07) is 6.96. The molecule has 3 rings (SSSR count). The monoisotopic (exact) mass is 215 g/mol. The van der Waals surface area contributed by atoms with E-state index in [0.29, 0.717) is 0 Å². The van der Waals surface area contributed by atoms with Gasteiger partial charge in [-0.2, -0.15) is 0 Å². The third-order valence-electron chi connectivity index (χ3n) is 4.12. The zero-order valence-electron chi connectivity index (χ0n) is 9.65. The maximum atomic E-state index is 10.8. The first-order valence-corrected chi connectivity index (χ1v) is 6.10. The van der Waals surface area contributed by atoms with Crippen LogP contribution in [0.3, 0.4) is 0 Å². The number of nitrogens with zero attached hydrogens (tertiary/aromatic N) is 1. The Bertz CT molecular complexity index is 427. The van der Waals surface area contributed by atoms with Crippen LogP contribution in [0.25, 0.3) is 0 Å². The van der Waals surface area contributed by atoms with Gasteiger partial charge in [0.1, 0.15) is 6.29 Å². The maximum absolute atomic E-state index is 10.8. The van der Waals surface area contributed by atoms with E-state index in [9.17, 15) is 4.79 Å². The number of aryl methyl sites for hydroxylation is 1. The molecular formula is C14H17NO. The molecule has 2 atom stereocenters. The highest BCUT2D eigenvalue weighted by Crippen LogP contribution is 2.40. The Balaban J connectivity index is 1.90. The van der Waals surface area contributed by atoms with Crippen molar-refractivity contribution in [2.24, 2.45) is 5.92 Å². The van der Waals surface area contributed by atoms with E-state index in [-0.39, 0.29) is 0 Å². The van der Waals surface area contributed by atoms with Gasteiger partial charge in [0.05, 0.1) is 0 Å². The summed E-state index contributed by atoms with van der Waals surface area (Å²) in [5.74, 6) is 0.913. The summed E-state index contributed by atoms with van der Waals surface area (Å²) in [5, 5.41) is 0. The summed E-state index contributed by atoms with van der Waals surface area (Å²) in [6.07, 6.45) is 5.06. The standard InChI is InChI=1S/C14H17NO/c1-10-6-13(5-3-12(10)9-16)15-8-11-2-4-14(15)7-11/h3,5-6,9,11,14H,2,4,7-8H2,1H3. The van der Waals surface area contributed by atoms with Crippen LogP contribution in [0.4, 0.5) is 5.69 Å². The third kappa shape index (κ3) is 1.44. The second-order valence-corrected chi connectivity index (χ2v) is 5.14. The van der Waals surface area contributed by atoms with Crippen molar-refractivity contribution in [2.75, 3.05) is 11.4 Å². The molecule has 1 heterocycles. The first-order chi connectivity index (χ1) is 7.78. The van der Waals surface area contributed by atoms with E-state index in [4.69, 9.17) is 0 Å². The molecule has 84 valence electrons. The van der Waals surface area contributed by atoms with E-state index in [0.717, 1.165) is 29.4 Å². The van der Waals surface area contributed by atoms with Gasteiger partial charge in [0, 0.05) is 23.8 Å². The van der Waals surface area contributed by atoms with Crippen LogP contribution in [0, 0.1) is 12.8 Å². The molecule has 2 bridgehead atoms. The summed E-state index contributed by atoms with van der Waals surface area (Å²) in [7, 11) is 0. The number of aldehydes is 1. The van der Waals surface area contributed by atoms with Crippen molar-refractivity contribution in [3.8, 4) is 0 Å². The smallest absolute Gasteiger partial charge is 0.150 e. The molecule has 2 aliphatic rings. The van der Waals surface area contributed by atoms with E-state index >= 15 is 0 Å². The SMILES string of the molecule is Cc1cc(N2CC3CCC2C3)ccc1C=O. The number of benzene rings is 1. The minimum atomic E-state index is 0.756. The Morgan fingerprint density at radius 2 is 2.25 bits per heavy atom. The van der Waals surface area contributed by atoms with Gasteiger partial charge < -0.3 is 4.90 Å². The van der Waals surface area contributed by atoms with E-state index < -0.39 is 0 Å². The fraction of sp³-hybridized carbons (Fsp3) is 0.500. The summed E-state index contributed by atoms with van der Waals surface area (Å²) >= 11 is 0. The zero-order valence-corrected chi connectivity index (χ0v) is 9.65. The first kappa shape index (κ1) is 9.88. The molecule has 0 aromatic heterocycles. The lowest BCUT2D eigenvalue weighted by atomic mass is 10.1. The molecule has 2 fully saturated rings. The molecule has 1 aliphatic carbocycles. The minimum Gasteiger partial charge on any atom is -0.368 e. The molecule has 2 unspecified atom stereocenters. The molecule has 1 aromatic rings. The molecule has 0 radical (unpaired) electrons. The van der Waals surface area contributed by atoms with Crippen molar-refractivity contribution >= 4 is 12.0 Å². The summed E-state index contributed by atoms with van der Waals surface area (Å²) < 4.78 is 0. The number of fused-ring (bicyclic) bond motifs is 2. The predicted molar refractivity (Wildman–Crippen MR) is 65.0 cm³/mol. The molecule has 0 spiro atoms. The van der Waals surface area contributed by atoms with Crippen LogP contribution in [0.5, 0.6) is 0 Å². The summed E-state index contributed by atoms with van der Waals surface area (Å²) in [4.78, 5) is 13.3. The van der Waals surface area contributed by atoms with Crippen LogP contribution in [0.2, 0.25) is 0 Å². The van der Waals surface area contributed by atoms with Crippen LogP contribution in [-0.4, -0.2) is 18.9 Å². The average molecular weight is 215 g/mol. The quantitative estimate of drug-likeness (QED) is 0.707. The van der Waals surface area contributed by atoms with Crippen molar-refractivity contribution in [2.45, 2.75) is 32.2 Å². The molecule has 0 amide bonds. The Labute approximate surface area is 96.3 Å². The number of hydrogen-bond acceptors (Lipinski definition) is 2. The van der Waals surface area contributed by atoms with Gasteiger partial charge in [-0.1, -0.05) is 0 Å². The normalized spacial score (nSPS) is 27.4. The van der Waals surface area contributed by atoms with Gasteiger partial charge >= 0.3 is 0 Å². The Morgan fingerprint density at radius 3 is 2.81 bits per heavy atom. The van der Waals surface area contributed by atoms with E-state index in [1.807, 2.05) is 13.0 Å². The fourth-order valence-electron chi connectivity index (χ4n) is 3.21. The van der Waals surface area contributed by atoms with Gasteiger partial charge in [-0.3, -0.25) is 4.79 Å². The van der Waals surface area contributed by atoms with Crippen LogP contribution >= 0.6 is 0 Å². The van der Waals surface area contributed by atoms with E-state index in [1.54, 1.807) is 0 Å². The lowest BCUT2D eigenvalue weighted by molar-refractivity contribution is 0.112. The molecule has 1 aromatic carbocycles. The molecule has 1 saturated carbocycles. The number of carbonyl (C=O) groups is 1. The molecule has 1 saturated heterocycles. The number of rotatable bonds is 2. The van der Waals surface area contributed by atoms with Crippen LogP contribution in [0.15, 0.2) is 18.2 Å². The Hall–Kier alpha value is -1.31. The molecular weight excluding hydrogens is 198 g/mol. The predicted octanol–water partition coefficient (Wildman–Crippen LogP) is 2.80. The van der Waals surface area contributed by atoms with Crippen molar-refractivity contribution in [3.63, 3.8) is 0 Å². The molecule has 16 heavy (non-hydrogen) atoms. The molecule has 2 nitrogen and oxygen atoms in total. The zero-order chi connectivity index (χ0) is 11.1. The van der Waals surface area contributed by atoms with Crippen molar-refractivity contribution in [3.05, 3.63) is 29.3 Å². The maximum Gasteiger partial charge on any atom is 0.150 e. The van der Waals surface area contributed by atoms with Crippen molar-refractivity contribution in [1.29, 1.82) is 0 Å². The third-order valence-corrected chi connectivity index (χ3v) is 4.12. The van der Waals surface area contributed by atoms with Gasteiger partial charge in [-0.15, -0.1) is 0 Å². The van der Waals surface area contributed by atoms with Gasteiger partial charge in [0.25, 0.3) is 0 Å². The second-order valence-electron chi connectivity index (χ2n) is 5.14. The highest BCUT2D eigenvalue weighted by molar-refractivity contribution is 5.78. The number of anilines is 1. The first-order valence-electron chi connectivity index (χ1n) is 6.10. The minimum absolute atomic E-state index is 0.756. The number of piperidine rings is 1. The summed E-state index contributed by atoms with van der Waals surface area (Å²) in [5.41, 5.74) is 3.21. The lowest BCUT2D eigenvalue weighted by Crippen LogP contribution is -2.31. The van der Waals surface area contributed by atoms with E-state index in [2.05, 4.69) is 17.0 Å². The van der Waals surface area contributed by atoms with Crippen molar-refractivity contribution in [1.82, 2.24) is 0 Å². The number of carbonyl (C=O) groups excluding carboxylic acids is 1.